The van der Waals surface area contributed by atoms with Crippen LogP contribution < -0.4 is 10.6 Å². The second-order valence-corrected chi connectivity index (χ2v) is 6.07. The lowest BCUT2D eigenvalue weighted by atomic mass is 10.1. The van der Waals surface area contributed by atoms with Crippen molar-refractivity contribution in [1.29, 1.82) is 0 Å². The van der Waals surface area contributed by atoms with Gasteiger partial charge in [0.15, 0.2) is 5.13 Å². The number of halogens is 1. The molecule has 0 fully saturated rings. The van der Waals surface area contributed by atoms with Crippen LogP contribution in [0.4, 0.5) is 15.6 Å². The number of aromatic nitrogens is 1. The summed E-state index contributed by atoms with van der Waals surface area (Å²) in [5, 5.41) is 5.84. The normalized spacial score (nSPS) is 10.5. The van der Waals surface area contributed by atoms with Gasteiger partial charge in [-0.1, -0.05) is 29.0 Å². The predicted molar refractivity (Wildman–Crippen MR) is 87.6 cm³/mol. The van der Waals surface area contributed by atoms with E-state index in [0.717, 1.165) is 11.1 Å². The third kappa shape index (κ3) is 4.67. The smallest absolute Gasteiger partial charge is 0.325 e. The van der Waals surface area contributed by atoms with Gasteiger partial charge in [0.1, 0.15) is 4.34 Å². The van der Waals surface area contributed by atoms with Gasteiger partial charge in [0.25, 0.3) is 0 Å². The molecule has 1 heterocycles. The van der Waals surface area contributed by atoms with E-state index in [4.69, 9.17) is 21.1 Å². The summed E-state index contributed by atoms with van der Waals surface area (Å²) in [4.78, 5) is 16.0. The molecular formula is C14H16ClN3O3S. The van der Waals surface area contributed by atoms with E-state index in [-0.39, 0.29) is 6.03 Å². The zero-order chi connectivity index (χ0) is 15.9. The van der Waals surface area contributed by atoms with Crippen molar-refractivity contribution in [3.05, 3.63) is 39.9 Å². The van der Waals surface area contributed by atoms with E-state index in [0.29, 0.717) is 28.4 Å². The van der Waals surface area contributed by atoms with E-state index in [1.165, 1.54) is 17.5 Å². The third-order valence-electron chi connectivity index (χ3n) is 2.73. The van der Waals surface area contributed by atoms with Gasteiger partial charge in [0, 0.05) is 25.5 Å². The molecule has 0 saturated heterocycles. The summed E-state index contributed by atoms with van der Waals surface area (Å²) in [6, 6.07) is 5.25. The number of anilines is 2. The van der Waals surface area contributed by atoms with E-state index >= 15 is 0 Å². The molecule has 2 aromatic rings. The number of methoxy groups -OCH3 is 2. The Morgan fingerprint density at radius 2 is 2.05 bits per heavy atom. The lowest BCUT2D eigenvalue weighted by Gasteiger charge is -2.12. The van der Waals surface area contributed by atoms with Crippen LogP contribution in [-0.4, -0.2) is 25.2 Å². The summed E-state index contributed by atoms with van der Waals surface area (Å²) < 4.78 is 10.8. The van der Waals surface area contributed by atoms with Gasteiger partial charge in [-0.2, -0.15) is 0 Å². The zero-order valence-corrected chi connectivity index (χ0v) is 13.8. The van der Waals surface area contributed by atoms with Crippen LogP contribution in [0.25, 0.3) is 0 Å². The van der Waals surface area contributed by atoms with E-state index in [1.54, 1.807) is 14.2 Å². The summed E-state index contributed by atoms with van der Waals surface area (Å²) in [5.74, 6) is 0. The Hall–Kier alpha value is -1.67. The van der Waals surface area contributed by atoms with Crippen molar-refractivity contribution in [2.24, 2.45) is 0 Å². The maximum atomic E-state index is 12.0. The number of carbonyl (C=O) groups excluding carboxylic acids is 1. The fourth-order valence-electron chi connectivity index (χ4n) is 1.86. The Balaban J connectivity index is 2.08. The van der Waals surface area contributed by atoms with Crippen LogP contribution in [-0.2, 0) is 22.7 Å². The molecule has 118 valence electrons. The molecule has 0 aliphatic heterocycles. The number of nitrogens with zero attached hydrogens (tertiary/aromatic N) is 1. The zero-order valence-electron chi connectivity index (χ0n) is 12.2. The molecule has 0 radical (unpaired) electrons. The summed E-state index contributed by atoms with van der Waals surface area (Å²) in [6.07, 6.45) is 1.48. The number of benzene rings is 1. The van der Waals surface area contributed by atoms with Crippen molar-refractivity contribution in [2.75, 3.05) is 24.9 Å². The molecule has 0 atom stereocenters. The van der Waals surface area contributed by atoms with Gasteiger partial charge in [-0.3, -0.25) is 5.32 Å². The molecule has 0 aliphatic rings. The van der Waals surface area contributed by atoms with Crippen molar-refractivity contribution < 1.29 is 14.3 Å². The molecule has 22 heavy (non-hydrogen) atoms. The monoisotopic (exact) mass is 341 g/mol. The number of thiazole rings is 1. The number of hydrogen-bond acceptors (Lipinski definition) is 5. The number of amides is 2. The fraction of sp³-hybridized carbons (Fsp3) is 0.286. The Kier molecular flexibility index (Phi) is 6.14. The Bertz CT molecular complexity index is 648. The van der Waals surface area contributed by atoms with E-state index in [9.17, 15) is 4.79 Å². The first-order valence-corrected chi connectivity index (χ1v) is 7.61. The standard InChI is InChI=1S/C14H16ClN3O3S/c1-20-7-9-3-4-11(10(5-9)8-21-2)17-13(19)18-14-16-6-12(15)22-14/h3-6H,7-8H2,1-2H3,(H2,16,17,18,19). The molecule has 2 rings (SSSR count). The first-order chi connectivity index (χ1) is 10.6. The minimum Gasteiger partial charge on any atom is -0.380 e. The molecule has 6 nitrogen and oxygen atoms in total. The largest absolute Gasteiger partial charge is 0.380 e. The van der Waals surface area contributed by atoms with Gasteiger partial charge in [0.2, 0.25) is 0 Å². The van der Waals surface area contributed by atoms with Crippen LogP contribution in [0.1, 0.15) is 11.1 Å². The van der Waals surface area contributed by atoms with Crippen molar-refractivity contribution in [3.63, 3.8) is 0 Å². The van der Waals surface area contributed by atoms with E-state index in [1.807, 2.05) is 18.2 Å². The van der Waals surface area contributed by atoms with Crippen molar-refractivity contribution in [1.82, 2.24) is 4.98 Å². The van der Waals surface area contributed by atoms with Crippen LogP contribution in [0.3, 0.4) is 0 Å². The first-order valence-electron chi connectivity index (χ1n) is 6.41. The SMILES string of the molecule is COCc1ccc(NC(=O)Nc2ncc(Cl)s2)c(COC)c1. The van der Waals surface area contributed by atoms with E-state index in [2.05, 4.69) is 15.6 Å². The highest BCUT2D eigenvalue weighted by Gasteiger charge is 2.10. The minimum absolute atomic E-state index is 0.385. The molecule has 0 bridgehead atoms. The second-order valence-electron chi connectivity index (χ2n) is 4.41. The Labute approximate surface area is 137 Å². The molecule has 2 N–H and O–H groups in total. The van der Waals surface area contributed by atoms with Crippen LogP contribution >= 0.6 is 22.9 Å². The van der Waals surface area contributed by atoms with Gasteiger partial charge < -0.3 is 14.8 Å². The maximum absolute atomic E-state index is 12.0. The van der Waals surface area contributed by atoms with Crippen molar-refractivity contribution in [3.8, 4) is 0 Å². The Morgan fingerprint density at radius 3 is 2.68 bits per heavy atom. The summed E-state index contributed by atoms with van der Waals surface area (Å²) in [7, 11) is 3.24. The van der Waals surface area contributed by atoms with Crippen LogP contribution in [0, 0.1) is 0 Å². The van der Waals surface area contributed by atoms with E-state index < -0.39 is 0 Å². The van der Waals surface area contributed by atoms with Gasteiger partial charge >= 0.3 is 6.03 Å². The lowest BCUT2D eigenvalue weighted by molar-refractivity contribution is 0.180. The minimum atomic E-state index is -0.386. The van der Waals surface area contributed by atoms with Crippen LogP contribution in [0.5, 0.6) is 0 Å². The number of ether oxygens (including phenoxy) is 2. The average Bonchev–Trinajstić information content (AvgIpc) is 2.87. The summed E-state index contributed by atoms with van der Waals surface area (Å²) in [6.45, 7) is 0.886. The highest BCUT2D eigenvalue weighted by Crippen LogP contribution is 2.23. The highest BCUT2D eigenvalue weighted by molar-refractivity contribution is 7.19. The molecule has 8 heteroatoms. The maximum Gasteiger partial charge on any atom is 0.325 e. The second kappa shape index (κ2) is 8.09. The first kappa shape index (κ1) is 16.7. The molecule has 0 aliphatic carbocycles. The number of carbonyl (C=O) groups is 1. The van der Waals surface area contributed by atoms with Crippen LogP contribution in [0.15, 0.2) is 24.4 Å². The van der Waals surface area contributed by atoms with Gasteiger partial charge in [-0.05, 0) is 17.7 Å². The summed E-state index contributed by atoms with van der Waals surface area (Å²) >= 11 is 6.96. The highest BCUT2D eigenvalue weighted by atomic mass is 35.5. The molecule has 1 aromatic carbocycles. The number of hydrogen-bond donors (Lipinski definition) is 2. The van der Waals surface area contributed by atoms with Crippen molar-refractivity contribution in [2.45, 2.75) is 13.2 Å². The summed E-state index contributed by atoms with van der Waals surface area (Å²) in [5.41, 5.74) is 2.54. The van der Waals surface area contributed by atoms with Crippen molar-refractivity contribution >= 4 is 39.8 Å². The van der Waals surface area contributed by atoms with Gasteiger partial charge in [0.05, 0.1) is 19.4 Å². The average molecular weight is 342 g/mol. The van der Waals surface area contributed by atoms with Gasteiger partial charge in [-0.15, -0.1) is 0 Å². The number of nitrogens with one attached hydrogen (secondary N) is 2. The fourth-order valence-corrected chi connectivity index (χ4v) is 2.67. The predicted octanol–water partition coefficient (Wildman–Crippen LogP) is 3.73. The Morgan fingerprint density at radius 1 is 1.27 bits per heavy atom. The molecular weight excluding hydrogens is 326 g/mol. The molecule has 0 saturated carbocycles. The topological polar surface area (TPSA) is 72.5 Å². The number of rotatable bonds is 6. The molecule has 1 aromatic heterocycles. The quantitative estimate of drug-likeness (QED) is 0.839. The molecule has 0 spiro atoms. The molecule has 2 amide bonds. The molecule has 0 unspecified atom stereocenters. The number of urea groups is 1. The lowest BCUT2D eigenvalue weighted by Crippen LogP contribution is -2.20. The van der Waals surface area contributed by atoms with Gasteiger partial charge in [-0.25, -0.2) is 9.78 Å². The third-order valence-corrected chi connectivity index (χ3v) is 3.76. The van der Waals surface area contributed by atoms with Crippen LogP contribution in [0.2, 0.25) is 4.34 Å².